The molecule has 6 nitrogen and oxygen atoms in total. The van der Waals surface area contributed by atoms with Crippen LogP contribution in [0, 0.1) is 6.92 Å². The van der Waals surface area contributed by atoms with Gasteiger partial charge in [-0.25, -0.2) is 0 Å². The molecular formula is C26H33N3O3. The lowest BCUT2D eigenvalue weighted by atomic mass is 9.96. The molecule has 1 N–H and O–H groups in total. The number of aryl methyl sites for hydroxylation is 1. The number of piperazine rings is 1. The van der Waals surface area contributed by atoms with E-state index < -0.39 is 6.10 Å². The summed E-state index contributed by atoms with van der Waals surface area (Å²) < 4.78 is 11.2. The lowest BCUT2D eigenvalue weighted by molar-refractivity contribution is 0.0405. The van der Waals surface area contributed by atoms with Crippen LogP contribution in [0.3, 0.4) is 0 Å². The van der Waals surface area contributed by atoms with Gasteiger partial charge in [-0.3, -0.25) is 14.8 Å². The number of rotatable bonds is 9. The minimum atomic E-state index is -0.532. The third-order valence-corrected chi connectivity index (χ3v) is 6.15. The number of hydrogen-bond donors (Lipinski definition) is 1. The van der Waals surface area contributed by atoms with E-state index in [1.165, 1.54) is 10.9 Å². The molecule has 1 saturated heterocycles. The fourth-order valence-corrected chi connectivity index (χ4v) is 4.29. The number of aromatic nitrogens is 1. The topological polar surface area (TPSA) is 58.1 Å². The molecule has 1 aliphatic rings. The second-order valence-electron chi connectivity index (χ2n) is 8.48. The van der Waals surface area contributed by atoms with Gasteiger partial charge in [-0.1, -0.05) is 24.3 Å². The van der Waals surface area contributed by atoms with Crippen molar-refractivity contribution in [2.24, 2.45) is 0 Å². The number of ether oxygens (including phenoxy) is 2. The highest BCUT2D eigenvalue weighted by molar-refractivity contribution is 5.98. The van der Waals surface area contributed by atoms with Gasteiger partial charge in [-0.2, -0.15) is 0 Å². The largest absolute Gasteiger partial charge is 0.491 e. The van der Waals surface area contributed by atoms with Crippen LogP contribution in [0.4, 0.5) is 0 Å². The van der Waals surface area contributed by atoms with Gasteiger partial charge in [-0.05, 0) is 47.0 Å². The number of pyridine rings is 1. The van der Waals surface area contributed by atoms with Crippen molar-refractivity contribution in [1.29, 1.82) is 0 Å². The number of nitrogens with zero attached hydrogens (tertiary/aromatic N) is 3. The first kappa shape index (κ1) is 22.7. The van der Waals surface area contributed by atoms with Gasteiger partial charge in [0, 0.05) is 64.3 Å². The smallest absolute Gasteiger partial charge is 0.120 e. The van der Waals surface area contributed by atoms with Crippen molar-refractivity contribution in [3.8, 4) is 16.9 Å². The highest BCUT2D eigenvalue weighted by atomic mass is 16.5. The van der Waals surface area contributed by atoms with Crippen LogP contribution in [0.25, 0.3) is 21.9 Å². The number of fused-ring (bicyclic) bond motifs is 1. The second kappa shape index (κ2) is 10.9. The van der Waals surface area contributed by atoms with Crippen LogP contribution in [0.15, 0.2) is 54.9 Å². The summed E-state index contributed by atoms with van der Waals surface area (Å²) in [4.78, 5) is 9.03. The molecule has 0 bridgehead atoms. The summed E-state index contributed by atoms with van der Waals surface area (Å²) in [6.07, 6.45) is 3.19. The molecular weight excluding hydrogens is 402 g/mol. The highest BCUT2D eigenvalue weighted by Crippen LogP contribution is 2.34. The van der Waals surface area contributed by atoms with E-state index in [1.54, 1.807) is 7.11 Å². The molecule has 1 atom stereocenters. The Hall–Kier alpha value is -2.51. The molecule has 0 spiro atoms. The van der Waals surface area contributed by atoms with Gasteiger partial charge in [0.05, 0.1) is 6.61 Å². The molecule has 0 aliphatic carbocycles. The van der Waals surface area contributed by atoms with E-state index in [-0.39, 0.29) is 6.61 Å². The fourth-order valence-electron chi connectivity index (χ4n) is 4.29. The average molecular weight is 436 g/mol. The van der Waals surface area contributed by atoms with Crippen molar-refractivity contribution < 1.29 is 14.6 Å². The number of benzene rings is 2. The Morgan fingerprint density at radius 1 is 1.03 bits per heavy atom. The van der Waals surface area contributed by atoms with Crippen molar-refractivity contribution >= 4 is 10.8 Å². The Morgan fingerprint density at radius 2 is 1.81 bits per heavy atom. The highest BCUT2D eigenvalue weighted by Gasteiger charge is 2.19. The van der Waals surface area contributed by atoms with Gasteiger partial charge >= 0.3 is 0 Å². The monoisotopic (exact) mass is 435 g/mol. The summed E-state index contributed by atoms with van der Waals surface area (Å²) in [6, 6.07) is 14.4. The first-order valence-corrected chi connectivity index (χ1v) is 11.3. The number of aliphatic hydroxyl groups excluding tert-OH is 1. The average Bonchev–Trinajstić information content (AvgIpc) is 2.82. The summed E-state index contributed by atoms with van der Waals surface area (Å²) in [5.74, 6) is 0.769. The maximum atomic E-state index is 10.6. The van der Waals surface area contributed by atoms with Crippen molar-refractivity contribution in [3.05, 3.63) is 60.4 Å². The molecule has 1 fully saturated rings. The third-order valence-electron chi connectivity index (χ3n) is 6.15. The quantitative estimate of drug-likeness (QED) is 0.557. The molecule has 2 aromatic carbocycles. The Labute approximate surface area is 190 Å². The summed E-state index contributed by atoms with van der Waals surface area (Å²) in [5, 5.41) is 12.9. The molecule has 6 heteroatoms. The molecule has 0 radical (unpaired) electrons. The van der Waals surface area contributed by atoms with E-state index in [1.807, 2.05) is 30.6 Å². The van der Waals surface area contributed by atoms with Gasteiger partial charge in [0.25, 0.3) is 0 Å². The first-order valence-electron chi connectivity index (χ1n) is 11.3. The Balaban J connectivity index is 1.40. The molecule has 1 aliphatic heterocycles. The fraction of sp³-hybridized carbons (Fsp3) is 0.423. The maximum absolute atomic E-state index is 10.6. The van der Waals surface area contributed by atoms with Crippen LogP contribution in [0.1, 0.15) is 5.56 Å². The molecule has 32 heavy (non-hydrogen) atoms. The van der Waals surface area contributed by atoms with Gasteiger partial charge in [0.2, 0.25) is 0 Å². The van der Waals surface area contributed by atoms with Crippen molar-refractivity contribution in [3.63, 3.8) is 0 Å². The zero-order valence-corrected chi connectivity index (χ0v) is 19.0. The third kappa shape index (κ3) is 5.64. The molecule has 0 amide bonds. The number of aliphatic hydroxyl groups is 1. The van der Waals surface area contributed by atoms with E-state index in [2.05, 4.69) is 46.0 Å². The van der Waals surface area contributed by atoms with E-state index in [4.69, 9.17) is 9.47 Å². The molecule has 3 aromatic rings. The minimum Gasteiger partial charge on any atom is -0.491 e. The standard InChI is InChI=1S/C26H33N3O3/c1-20-7-8-27-17-26(20)25-16-23(15-21-5-3-4-6-24(21)25)32-19-22(30)18-29-11-9-28(10-12-29)13-14-31-2/h3-8,15-17,22,30H,9-14,18-19H2,1-2H3. The van der Waals surface area contributed by atoms with Crippen LogP contribution in [0.2, 0.25) is 0 Å². The van der Waals surface area contributed by atoms with E-state index in [9.17, 15) is 5.11 Å². The predicted octanol–water partition coefficient (Wildman–Crippen LogP) is 3.21. The van der Waals surface area contributed by atoms with Gasteiger partial charge in [0.15, 0.2) is 0 Å². The SMILES string of the molecule is COCCN1CCN(CC(O)COc2cc(-c3cnccc3C)c3ccccc3c2)CC1. The van der Waals surface area contributed by atoms with Crippen LogP contribution >= 0.6 is 0 Å². The van der Waals surface area contributed by atoms with E-state index >= 15 is 0 Å². The first-order chi connectivity index (χ1) is 15.6. The minimum absolute atomic E-state index is 0.272. The summed E-state index contributed by atoms with van der Waals surface area (Å²) in [6.45, 7) is 8.67. The zero-order valence-electron chi connectivity index (χ0n) is 19.0. The van der Waals surface area contributed by atoms with Crippen molar-refractivity contribution in [2.75, 3.05) is 59.6 Å². The normalized spacial score (nSPS) is 16.3. The summed E-state index contributed by atoms with van der Waals surface area (Å²) in [7, 11) is 1.74. The lowest BCUT2D eigenvalue weighted by Crippen LogP contribution is -2.49. The molecule has 1 unspecified atom stereocenters. The van der Waals surface area contributed by atoms with E-state index in [0.717, 1.165) is 61.6 Å². The van der Waals surface area contributed by atoms with E-state index in [0.29, 0.717) is 6.54 Å². The van der Waals surface area contributed by atoms with Gasteiger partial charge in [-0.15, -0.1) is 0 Å². The second-order valence-corrected chi connectivity index (χ2v) is 8.48. The molecule has 4 rings (SSSR count). The Morgan fingerprint density at radius 3 is 2.59 bits per heavy atom. The Kier molecular flexibility index (Phi) is 7.71. The summed E-state index contributed by atoms with van der Waals surface area (Å²) in [5.41, 5.74) is 3.37. The maximum Gasteiger partial charge on any atom is 0.120 e. The van der Waals surface area contributed by atoms with Crippen LogP contribution in [-0.4, -0.2) is 85.6 Å². The Bertz CT molecular complexity index is 1020. The van der Waals surface area contributed by atoms with Crippen LogP contribution in [-0.2, 0) is 4.74 Å². The summed E-state index contributed by atoms with van der Waals surface area (Å²) >= 11 is 0. The van der Waals surface area contributed by atoms with Gasteiger partial charge < -0.3 is 14.6 Å². The van der Waals surface area contributed by atoms with Crippen molar-refractivity contribution in [2.45, 2.75) is 13.0 Å². The van der Waals surface area contributed by atoms with Crippen molar-refractivity contribution in [1.82, 2.24) is 14.8 Å². The van der Waals surface area contributed by atoms with Crippen LogP contribution in [0.5, 0.6) is 5.75 Å². The van der Waals surface area contributed by atoms with Gasteiger partial charge in [0.1, 0.15) is 18.5 Å². The number of methoxy groups -OCH3 is 1. The lowest BCUT2D eigenvalue weighted by Gasteiger charge is -2.35. The number of hydrogen-bond acceptors (Lipinski definition) is 6. The van der Waals surface area contributed by atoms with Crippen LogP contribution < -0.4 is 4.74 Å². The number of β-amino-alcohol motifs (C(OH)–C–C–N with tert-alkyl or cyclic N) is 1. The molecule has 170 valence electrons. The predicted molar refractivity (Wildman–Crippen MR) is 128 cm³/mol. The molecule has 1 aromatic heterocycles. The molecule has 2 heterocycles. The molecule has 0 saturated carbocycles. The zero-order chi connectivity index (χ0) is 22.3.